The Bertz CT molecular complexity index is 1850. The fourth-order valence-electron chi connectivity index (χ4n) is 4.67. The first kappa shape index (κ1) is 26.2. The van der Waals surface area contributed by atoms with Gasteiger partial charge in [-0.05, 0) is 50.1 Å². The fourth-order valence-corrected chi connectivity index (χ4v) is 4.87. The molecule has 5 heterocycles. The summed E-state index contributed by atoms with van der Waals surface area (Å²) in [7, 11) is 0. The lowest BCUT2D eigenvalue weighted by Crippen LogP contribution is -2.54. The Labute approximate surface area is 239 Å². The van der Waals surface area contributed by atoms with Gasteiger partial charge >= 0.3 is 0 Å². The van der Waals surface area contributed by atoms with Gasteiger partial charge in [0, 0.05) is 37.9 Å². The Hall–Kier alpha value is -5.02. The smallest absolute Gasteiger partial charge is 0.298 e. The molecule has 11 nitrogen and oxygen atoms in total. The largest absolute Gasteiger partial charge is 0.455 e. The van der Waals surface area contributed by atoms with E-state index in [-0.39, 0.29) is 28.4 Å². The molecule has 1 N–H and O–H groups in total. The lowest BCUT2D eigenvalue weighted by atomic mass is 10.2. The quantitative estimate of drug-likeness (QED) is 0.305. The molecule has 0 aliphatic carbocycles. The predicted octanol–water partition coefficient (Wildman–Crippen LogP) is 4.46. The van der Waals surface area contributed by atoms with Crippen molar-refractivity contribution >= 4 is 51.5 Å². The molecule has 0 saturated carbocycles. The van der Waals surface area contributed by atoms with Crippen LogP contribution in [0.3, 0.4) is 0 Å². The number of fused-ring (bicyclic) bond motifs is 2. The Morgan fingerprint density at radius 3 is 2.85 bits per heavy atom. The van der Waals surface area contributed by atoms with E-state index < -0.39 is 5.82 Å². The maximum Gasteiger partial charge on any atom is 0.298 e. The summed E-state index contributed by atoms with van der Waals surface area (Å²) < 4.78 is 22.8. The average Bonchev–Trinajstić information content (AvgIpc) is 3.45. The molecule has 0 spiro atoms. The number of carbonyl (C=O) groups excluding carboxylic acids is 1. The Kier molecular flexibility index (Phi) is 6.94. The van der Waals surface area contributed by atoms with Crippen molar-refractivity contribution < 1.29 is 13.9 Å². The van der Waals surface area contributed by atoms with Gasteiger partial charge in [0.25, 0.3) is 5.91 Å². The van der Waals surface area contributed by atoms with Crippen LogP contribution >= 0.6 is 11.6 Å². The molecule has 206 valence electrons. The van der Waals surface area contributed by atoms with Gasteiger partial charge in [-0.15, -0.1) is 0 Å². The second-order valence-corrected chi connectivity index (χ2v) is 9.70. The van der Waals surface area contributed by atoms with Gasteiger partial charge < -0.3 is 19.9 Å². The molecule has 1 amide bonds. The van der Waals surface area contributed by atoms with E-state index in [0.29, 0.717) is 53.7 Å². The highest BCUT2D eigenvalue weighted by molar-refractivity contribution is 6.32. The molecule has 0 radical (unpaired) electrons. The van der Waals surface area contributed by atoms with Gasteiger partial charge in [-0.2, -0.15) is 5.10 Å². The number of ether oxygens (including phenoxy) is 1. The van der Waals surface area contributed by atoms with E-state index in [1.807, 2.05) is 19.1 Å². The first-order valence-corrected chi connectivity index (χ1v) is 13.1. The highest BCUT2D eigenvalue weighted by Gasteiger charge is 2.27. The zero-order valence-corrected chi connectivity index (χ0v) is 22.8. The van der Waals surface area contributed by atoms with Crippen LogP contribution in [0.4, 0.5) is 21.7 Å². The highest BCUT2D eigenvalue weighted by atomic mass is 35.5. The molecule has 1 fully saturated rings. The van der Waals surface area contributed by atoms with Gasteiger partial charge in [-0.1, -0.05) is 17.5 Å². The van der Waals surface area contributed by atoms with Crippen LogP contribution in [-0.2, 0) is 4.79 Å². The minimum atomic E-state index is -0.708. The van der Waals surface area contributed by atoms with Gasteiger partial charge in [-0.25, -0.2) is 28.8 Å². The lowest BCUT2D eigenvalue weighted by Gasteiger charge is -2.39. The summed E-state index contributed by atoms with van der Waals surface area (Å²) in [5.41, 5.74) is 1.72. The Morgan fingerprint density at radius 1 is 1.15 bits per heavy atom. The third-order valence-corrected chi connectivity index (χ3v) is 7.04. The number of anilines is 3. The molecule has 1 aromatic carbocycles. The molecular formula is C28H23ClFN9O2. The molecule has 6 rings (SSSR count). The van der Waals surface area contributed by atoms with Crippen LogP contribution in [-0.4, -0.2) is 66.0 Å². The zero-order chi connectivity index (χ0) is 28.5. The van der Waals surface area contributed by atoms with Gasteiger partial charge in [0.2, 0.25) is 0 Å². The maximum absolute atomic E-state index is 15.4. The van der Waals surface area contributed by atoms with Crippen LogP contribution in [0.2, 0.25) is 5.02 Å². The molecule has 5 aromatic rings. The summed E-state index contributed by atoms with van der Waals surface area (Å²) in [5.74, 6) is 5.98. The number of hydrogen-bond acceptors (Lipinski definition) is 9. The standard InChI is InChI=1S/C28H23ClFN9O2/c1-3-4-24(40)38-12-11-37(14-17(38)2)22-8-6-20-27(36-22)28(33-15-31-20)35-19-5-7-21(25(29)26(19)30)41-18-9-10-39-23(13-18)32-16-34-39/h5-10,13,15-17H,11-12,14H2,1-2H3,(H,31,33,35)/t17-/m0/s1. The number of nitrogens with one attached hydrogen (secondary N) is 1. The summed E-state index contributed by atoms with van der Waals surface area (Å²) in [4.78, 5) is 33.7. The fraction of sp³-hybridized carbons (Fsp3) is 0.214. The average molecular weight is 572 g/mol. The van der Waals surface area contributed by atoms with Crippen molar-refractivity contribution in [1.29, 1.82) is 0 Å². The van der Waals surface area contributed by atoms with E-state index in [4.69, 9.17) is 21.3 Å². The van der Waals surface area contributed by atoms with E-state index >= 15 is 4.39 Å². The first-order chi connectivity index (χ1) is 19.9. The number of halogens is 2. The van der Waals surface area contributed by atoms with E-state index in [0.717, 1.165) is 0 Å². The summed E-state index contributed by atoms with van der Waals surface area (Å²) >= 11 is 6.36. The van der Waals surface area contributed by atoms with E-state index in [1.54, 1.807) is 40.7 Å². The van der Waals surface area contributed by atoms with Crippen molar-refractivity contribution in [3.05, 3.63) is 66.1 Å². The molecule has 1 saturated heterocycles. The molecule has 1 aliphatic rings. The van der Waals surface area contributed by atoms with Crippen LogP contribution in [0, 0.1) is 17.7 Å². The topological polar surface area (TPSA) is 114 Å². The van der Waals surface area contributed by atoms with Crippen molar-refractivity contribution in [2.45, 2.75) is 19.9 Å². The van der Waals surface area contributed by atoms with Crippen LogP contribution in [0.25, 0.3) is 16.7 Å². The third-order valence-electron chi connectivity index (χ3n) is 6.69. The number of benzene rings is 1. The van der Waals surface area contributed by atoms with Crippen molar-refractivity contribution in [3.63, 3.8) is 0 Å². The summed E-state index contributed by atoms with van der Waals surface area (Å²) in [6.45, 7) is 5.32. The molecule has 1 atom stereocenters. The van der Waals surface area contributed by atoms with E-state index in [9.17, 15) is 4.79 Å². The Morgan fingerprint density at radius 2 is 2.02 bits per heavy atom. The number of rotatable bonds is 5. The van der Waals surface area contributed by atoms with Crippen molar-refractivity contribution in [2.24, 2.45) is 0 Å². The number of hydrogen-bond donors (Lipinski definition) is 1. The Balaban J connectivity index is 1.24. The molecular weight excluding hydrogens is 549 g/mol. The van der Waals surface area contributed by atoms with Gasteiger partial charge in [-0.3, -0.25) is 4.79 Å². The molecule has 4 aromatic heterocycles. The first-order valence-electron chi connectivity index (χ1n) is 12.7. The lowest BCUT2D eigenvalue weighted by molar-refractivity contribution is -0.127. The van der Waals surface area contributed by atoms with Crippen LogP contribution in [0.1, 0.15) is 13.8 Å². The number of piperazine rings is 1. The van der Waals surface area contributed by atoms with Crippen molar-refractivity contribution in [2.75, 3.05) is 29.9 Å². The number of carbonyl (C=O) groups is 1. The number of aromatic nitrogens is 6. The van der Waals surface area contributed by atoms with Crippen LogP contribution in [0.5, 0.6) is 11.5 Å². The van der Waals surface area contributed by atoms with Crippen LogP contribution in [0.15, 0.2) is 55.2 Å². The maximum atomic E-state index is 15.4. The number of pyridine rings is 2. The zero-order valence-electron chi connectivity index (χ0n) is 22.0. The molecule has 0 bridgehead atoms. The summed E-state index contributed by atoms with van der Waals surface area (Å²) in [6, 6.07) is 10.1. The molecule has 1 aliphatic heterocycles. The van der Waals surface area contributed by atoms with Gasteiger partial charge in [0.15, 0.2) is 17.3 Å². The normalized spacial score (nSPS) is 15.1. The highest BCUT2D eigenvalue weighted by Crippen LogP contribution is 2.36. The minimum absolute atomic E-state index is 0.0468. The summed E-state index contributed by atoms with van der Waals surface area (Å²) in [5, 5.41) is 6.85. The molecule has 0 unspecified atom stereocenters. The number of nitrogens with zero attached hydrogens (tertiary/aromatic N) is 8. The van der Waals surface area contributed by atoms with Gasteiger partial charge in [0.05, 0.1) is 11.2 Å². The predicted molar refractivity (Wildman–Crippen MR) is 152 cm³/mol. The summed E-state index contributed by atoms with van der Waals surface area (Å²) in [6.07, 6.45) is 4.49. The van der Waals surface area contributed by atoms with E-state index in [2.05, 4.69) is 42.1 Å². The second kappa shape index (κ2) is 10.9. The second-order valence-electron chi connectivity index (χ2n) is 9.32. The number of amides is 1. The van der Waals surface area contributed by atoms with E-state index in [1.165, 1.54) is 18.7 Å². The van der Waals surface area contributed by atoms with Crippen molar-refractivity contribution in [3.8, 4) is 23.3 Å². The minimum Gasteiger partial charge on any atom is -0.455 e. The molecule has 13 heteroatoms. The third kappa shape index (κ3) is 5.15. The van der Waals surface area contributed by atoms with Crippen molar-refractivity contribution in [1.82, 2.24) is 34.4 Å². The monoisotopic (exact) mass is 571 g/mol. The van der Waals surface area contributed by atoms with Crippen LogP contribution < -0.4 is 15.0 Å². The molecule has 41 heavy (non-hydrogen) atoms. The SMILES string of the molecule is CC#CC(=O)N1CCN(c2ccc3ncnc(Nc4ccc(Oc5ccn6ncnc6c5)c(Cl)c4F)c3n2)C[C@@H]1C. The van der Waals surface area contributed by atoms with Gasteiger partial charge in [0.1, 0.15) is 40.5 Å².